The van der Waals surface area contributed by atoms with Crippen molar-refractivity contribution in [2.45, 2.75) is 19.8 Å². The lowest BCUT2D eigenvalue weighted by molar-refractivity contribution is 0.476. The molecule has 0 N–H and O–H groups in total. The van der Waals surface area contributed by atoms with Crippen molar-refractivity contribution < 1.29 is 9.47 Å². The quantitative estimate of drug-likeness (QED) is 0.759. The Morgan fingerprint density at radius 2 is 1.23 bits per heavy atom. The maximum absolute atomic E-state index is 8.69. The lowest BCUT2D eigenvalue weighted by atomic mass is 9.93. The molecule has 2 rings (SSSR count). The van der Waals surface area contributed by atoms with Gasteiger partial charge in [0.15, 0.2) is 0 Å². The third-order valence-electron chi connectivity index (χ3n) is 3.39. The number of para-hydroxylation sites is 2. The molecule has 110 valence electrons. The van der Waals surface area contributed by atoms with E-state index in [2.05, 4.69) is 6.92 Å². The Morgan fingerprint density at radius 1 is 0.818 bits per heavy atom. The highest BCUT2D eigenvalue weighted by Gasteiger charge is 2.12. The molecule has 4 heteroatoms. The smallest absolute Gasteiger partial charge is 0.292 e. The molecule has 0 bridgehead atoms. The van der Waals surface area contributed by atoms with Crippen LogP contribution in [-0.4, -0.2) is 0 Å². The fourth-order valence-electron chi connectivity index (χ4n) is 2.47. The summed E-state index contributed by atoms with van der Waals surface area (Å²) in [5.74, 6) is 1.50. The average molecular weight is 292 g/mol. The molecule has 0 amide bonds. The van der Waals surface area contributed by atoms with Crippen LogP contribution < -0.4 is 9.47 Å². The van der Waals surface area contributed by atoms with Gasteiger partial charge in [0.2, 0.25) is 0 Å². The zero-order valence-corrected chi connectivity index (χ0v) is 12.3. The molecular formula is C18H16N2O2. The molecule has 2 aromatic carbocycles. The fourth-order valence-corrected chi connectivity index (χ4v) is 2.47. The Balaban J connectivity index is 2.10. The zero-order chi connectivity index (χ0) is 15.8. The van der Waals surface area contributed by atoms with Crippen molar-refractivity contribution in [1.29, 1.82) is 10.5 Å². The monoisotopic (exact) mass is 292 g/mol. The summed E-state index contributed by atoms with van der Waals surface area (Å²) in [7, 11) is 0. The van der Waals surface area contributed by atoms with Crippen molar-refractivity contribution in [1.82, 2.24) is 0 Å². The van der Waals surface area contributed by atoms with E-state index in [0.29, 0.717) is 17.4 Å². The normalized spacial score (nSPS) is 9.82. The van der Waals surface area contributed by atoms with Crippen LogP contribution in [0.3, 0.4) is 0 Å². The molecule has 0 aromatic heterocycles. The Kier molecular flexibility index (Phi) is 5.40. The van der Waals surface area contributed by atoms with Crippen LogP contribution in [0.1, 0.15) is 18.1 Å². The Hall–Kier alpha value is -2.98. The number of rotatable bonds is 6. The number of ether oxygens (including phenoxy) is 2. The van der Waals surface area contributed by atoms with Crippen LogP contribution in [0.25, 0.3) is 0 Å². The summed E-state index contributed by atoms with van der Waals surface area (Å²) in [6.45, 7) is 2.12. The third-order valence-corrected chi connectivity index (χ3v) is 3.39. The molecule has 0 saturated carbocycles. The predicted molar refractivity (Wildman–Crippen MR) is 81.9 cm³/mol. The molecular weight excluding hydrogens is 276 g/mol. The number of hydrogen-bond donors (Lipinski definition) is 0. The van der Waals surface area contributed by atoms with Crippen LogP contribution in [0.15, 0.2) is 48.5 Å². The summed E-state index contributed by atoms with van der Waals surface area (Å²) in [6.07, 6.45) is 4.99. The highest BCUT2D eigenvalue weighted by Crippen LogP contribution is 2.26. The van der Waals surface area contributed by atoms with Crippen LogP contribution in [-0.2, 0) is 12.8 Å². The number of benzene rings is 2. The highest BCUT2D eigenvalue weighted by atomic mass is 16.5. The molecule has 0 aliphatic heterocycles. The van der Waals surface area contributed by atoms with Crippen molar-refractivity contribution in [3.63, 3.8) is 0 Å². The second kappa shape index (κ2) is 7.71. The molecule has 0 fully saturated rings. The fraction of sp³-hybridized carbons (Fsp3) is 0.222. The van der Waals surface area contributed by atoms with Gasteiger partial charge in [0, 0.05) is 0 Å². The SMILES string of the molecule is CC(Cc1ccccc1OC#N)Cc1ccccc1OC#N. The summed E-state index contributed by atoms with van der Waals surface area (Å²) >= 11 is 0. The topological polar surface area (TPSA) is 66.0 Å². The van der Waals surface area contributed by atoms with Gasteiger partial charge in [-0.05, 0) is 42.0 Å². The Morgan fingerprint density at radius 3 is 1.64 bits per heavy atom. The van der Waals surface area contributed by atoms with Crippen molar-refractivity contribution in [2.24, 2.45) is 5.92 Å². The zero-order valence-electron chi connectivity index (χ0n) is 12.3. The third kappa shape index (κ3) is 4.01. The average Bonchev–Trinajstić information content (AvgIpc) is 2.52. The van der Waals surface area contributed by atoms with Gasteiger partial charge in [-0.15, -0.1) is 10.5 Å². The standard InChI is InChI=1S/C18H16N2O2/c1-14(10-15-6-2-4-8-17(15)21-12-19)11-16-7-3-5-9-18(16)22-13-20/h2-9,14H,10-11H2,1H3. The highest BCUT2D eigenvalue weighted by molar-refractivity contribution is 5.36. The van der Waals surface area contributed by atoms with Crippen LogP contribution in [0.2, 0.25) is 0 Å². The van der Waals surface area contributed by atoms with E-state index in [4.69, 9.17) is 20.0 Å². The molecule has 0 aliphatic carbocycles. The molecule has 22 heavy (non-hydrogen) atoms. The van der Waals surface area contributed by atoms with Crippen LogP contribution >= 0.6 is 0 Å². The summed E-state index contributed by atoms with van der Waals surface area (Å²) in [6, 6.07) is 15.0. The van der Waals surface area contributed by atoms with Gasteiger partial charge in [0.25, 0.3) is 12.5 Å². The first-order valence-corrected chi connectivity index (χ1v) is 7.02. The van der Waals surface area contributed by atoms with E-state index >= 15 is 0 Å². The number of nitrogens with zero attached hydrogens (tertiary/aromatic N) is 2. The van der Waals surface area contributed by atoms with Gasteiger partial charge in [-0.3, -0.25) is 0 Å². The lowest BCUT2D eigenvalue weighted by Gasteiger charge is -2.14. The summed E-state index contributed by atoms with van der Waals surface area (Å²) in [4.78, 5) is 0. The molecule has 0 aliphatic rings. The molecule has 2 aromatic rings. The minimum Gasteiger partial charge on any atom is -0.388 e. The van der Waals surface area contributed by atoms with Gasteiger partial charge in [-0.25, -0.2) is 0 Å². The van der Waals surface area contributed by atoms with Crippen LogP contribution in [0.4, 0.5) is 0 Å². The maximum Gasteiger partial charge on any atom is 0.292 e. The first kappa shape index (κ1) is 15.4. The lowest BCUT2D eigenvalue weighted by Crippen LogP contribution is -2.06. The van der Waals surface area contributed by atoms with Gasteiger partial charge >= 0.3 is 0 Å². The summed E-state index contributed by atoms with van der Waals surface area (Å²) < 4.78 is 9.98. The van der Waals surface area contributed by atoms with Crippen molar-refractivity contribution in [3.8, 4) is 24.0 Å². The van der Waals surface area contributed by atoms with Gasteiger partial charge in [0.05, 0.1) is 0 Å². The minimum atomic E-state index is 0.312. The van der Waals surface area contributed by atoms with Gasteiger partial charge < -0.3 is 9.47 Å². The largest absolute Gasteiger partial charge is 0.388 e. The van der Waals surface area contributed by atoms with Crippen molar-refractivity contribution in [3.05, 3.63) is 59.7 Å². The molecule has 0 spiro atoms. The van der Waals surface area contributed by atoms with Crippen LogP contribution in [0.5, 0.6) is 11.5 Å². The van der Waals surface area contributed by atoms with E-state index in [9.17, 15) is 0 Å². The van der Waals surface area contributed by atoms with Crippen molar-refractivity contribution in [2.75, 3.05) is 0 Å². The first-order valence-electron chi connectivity index (χ1n) is 7.02. The predicted octanol–water partition coefficient (Wildman–Crippen LogP) is 3.83. The van der Waals surface area contributed by atoms with E-state index in [1.54, 1.807) is 24.6 Å². The van der Waals surface area contributed by atoms with E-state index in [-0.39, 0.29) is 0 Å². The second-order valence-corrected chi connectivity index (χ2v) is 5.12. The van der Waals surface area contributed by atoms with Gasteiger partial charge in [-0.1, -0.05) is 43.3 Å². The summed E-state index contributed by atoms with van der Waals surface area (Å²) in [5.41, 5.74) is 1.99. The van der Waals surface area contributed by atoms with Crippen molar-refractivity contribution >= 4 is 0 Å². The number of hydrogen-bond acceptors (Lipinski definition) is 4. The second-order valence-electron chi connectivity index (χ2n) is 5.12. The molecule has 0 atom stereocenters. The minimum absolute atomic E-state index is 0.312. The first-order chi connectivity index (χ1) is 10.7. The molecule has 4 nitrogen and oxygen atoms in total. The van der Waals surface area contributed by atoms with E-state index in [1.165, 1.54) is 0 Å². The summed E-state index contributed by atoms with van der Waals surface area (Å²) in [5, 5.41) is 17.4. The van der Waals surface area contributed by atoms with E-state index in [0.717, 1.165) is 24.0 Å². The van der Waals surface area contributed by atoms with Gasteiger partial charge in [-0.2, -0.15) is 0 Å². The molecule has 0 heterocycles. The van der Waals surface area contributed by atoms with E-state index < -0.39 is 0 Å². The molecule has 0 unspecified atom stereocenters. The maximum atomic E-state index is 8.69. The Bertz CT molecular complexity index is 652. The number of nitriles is 2. The molecule has 0 saturated heterocycles. The Labute approximate surface area is 130 Å². The van der Waals surface area contributed by atoms with E-state index in [1.807, 2.05) is 36.4 Å². The molecule has 0 radical (unpaired) electrons. The van der Waals surface area contributed by atoms with Gasteiger partial charge in [0.1, 0.15) is 11.5 Å². The van der Waals surface area contributed by atoms with Crippen LogP contribution in [0, 0.1) is 29.0 Å².